The highest BCUT2D eigenvalue weighted by molar-refractivity contribution is 7.89. The van der Waals surface area contributed by atoms with E-state index in [9.17, 15) is 17.6 Å². The van der Waals surface area contributed by atoms with E-state index in [4.69, 9.17) is 0 Å². The summed E-state index contributed by atoms with van der Waals surface area (Å²) in [5, 5.41) is 0. The minimum absolute atomic E-state index is 0.0436. The largest absolute Gasteiger partial charge is 0.345 e. The number of aromatic nitrogens is 1. The van der Waals surface area contributed by atoms with Crippen molar-refractivity contribution in [2.24, 2.45) is 0 Å². The molecule has 168 valence electrons. The second kappa shape index (κ2) is 8.74. The summed E-state index contributed by atoms with van der Waals surface area (Å²) < 4.78 is 42.8. The normalized spacial score (nSPS) is 19.0. The van der Waals surface area contributed by atoms with Crippen LogP contribution in [-0.4, -0.2) is 54.3 Å². The average molecular weight is 448 g/mol. The fourth-order valence-corrected chi connectivity index (χ4v) is 6.43. The lowest BCUT2D eigenvalue weighted by molar-refractivity contribution is 0.0697. The fraction of sp³-hybridized carbons (Fsp3) is 0.522. The van der Waals surface area contributed by atoms with E-state index in [-0.39, 0.29) is 23.9 Å². The van der Waals surface area contributed by atoms with Gasteiger partial charge in [0.05, 0.1) is 10.5 Å². The van der Waals surface area contributed by atoms with Crippen LogP contribution in [0, 0.1) is 19.7 Å². The number of amides is 1. The highest BCUT2D eigenvalue weighted by atomic mass is 32.2. The zero-order valence-corrected chi connectivity index (χ0v) is 19.0. The molecule has 1 aliphatic heterocycles. The van der Waals surface area contributed by atoms with Crippen LogP contribution in [0.3, 0.4) is 0 Å². The quantitative estimate of drug-likeness (QED) is 0.714. The van der Waals surface area contributed by atoms with Gasteiger partial charge >= 0.3 is 0 Å². The van der Waals surface area contributed by atoms with Crippen LogP contribution in [0.15, 0.2) is 35.2 Å². The summed E-state index contributed by atoms with van der Waals surface area (Å²) in [6.07, 6.45) is 6.05. The van der Waals surface area contributed by atoms with Gasteiger partial charge in [0.15, 0.2) is 0 Å². The minimum atomic E-state index is -3.77. The molecule has 0 bridgehead atoms. The second-order valence-corrected chi connectivity index (χ2v) is 10.5. The first kappa shape index (κ1) is 22.0. The summed E-state index contributed by atoms with van der Waals surface area (Å²) in [4.78, 5) is 14.9. The summed E-state index contributed by atoms with van der Waals surface area (Å²) in [5.41, 5.74) is 2.83. The van der Waals surface area contributed by atoms with Crippen molar-refractivity contribution >= 4 is 15.9 Å². The standard InChI is InChI=1S/C23H30FN3O3S/c1-17-15-22(18(2)27(17)20-8-4-3-5-9-20)23(28)25-11-13-26(14-12-25)31(29,30)21-10-6-7-19(24)16-21/h6-7,10,15-16,20H,3-5,8-9,11-14H2,1-2H3. The van der Waals surface area contributed by atoms with Crippen LogP contribution < -0.4 is 0 Å². The molecule has 2 aliphatic rings. The maximum Gasteiger partial charge on any atom is 0.255 e. The van der Waals surface area contributed by atoms with Crippen molar-refractivity contribution in [1.29, 1.82) is 0 Å². The maximum atomic E-state index is 13.5. The molecule has 6 nitrogen and oxygen atoms in total. The lowest BCUT2D eigenvalue weighted by Crippen LogP contribution is -2.50. The fourth-order valence-electron chi connectivity index (χ4n) is 4.97. The van der Waals surface area contributed by atoms with Crippen molar-refractivity contribution in [2.45, 2.75) is 56.9 Å². The van der Waals surface area contributed by atoms with Crippen LogP contribution in [0.25, 0.3) is 0 Å². The highest BCUT2D eigenvalue weighted by Gasteiger charge is 2.32. The zero-order chi connectivity index (χ0) is 22.2. The minimum Gasteiger partial charge on any atom is -0.345 e. The monoisotopic (exact) mass is 447 g/mol. The molecule has 0 atom stereocenters. The summed E-state index contributed by atoms with van der Waals surface area (Å²) in [5.74, 6) is -0.624. The summed E-state index contributed by atoms with van der Waals surface area (Å²) in [6, 6.07) is 7.48. The molecule has 2 heterocycles. The molecule has 0 spiro atoms. The van der Waals surface area contributed by atoms with Crippen molar-refractivity contribution in [3.63, 3.8) is 0 Å². The van der Waals surface area contributed by atoms with Gasteiger partial charge in [0.25, 0.3) is 5.91 Å². The first-order valence-electron chi connectivity index (χ1n) is 11.0. The molecule has 1 saturated heterocycles. The van der Waals surface area contributed by atoms with E-state index in [1.807, 2.05) is 13.0 Å². The number of hydrogen-bond donors (Lipinski definition) is 0. The Morgan fingerprint density at radius 3 is 2.32 bits per heavy atom. The molecule has 1 saturated carbocycles. The highest BCUT2D eigenvalue weighted by Crippen LogP contribution is 2.32. The Kier molecular flexibility index (Phi) is 6.21. The van der Waals surface area contributed by atoms with Crippen molar-refractivity contribution in [2.75, 3.05) is 26.2 Å². The zero-order valence-electron chi connectivity index (χ0n) is 18.2. The van der Waals surface area contributed by atoms with E-state index >= 15 is 0 Å². The first-order chi connectivity index (χ1) is 14.8. The van der Waals surface area contributed by atoms with Gasteiger partial charge < -0.3 is 9.47 Å². The Labute approximate surface area is 183 Å². The van der Waals surface area contributed by atoms with E-state index < -0.39 is 15.8 Å². The SMILES string of the molecule is Cc1cc(C(=O)N2CCN(S(=O)(=O)c3cccc(F)c3)CC2)c(C)n1C1CCCCC1. The number of hydrogen-bond acceptors (Lipinski definition) is 3. The third-order valence-electron chi connectivity index (χ3n) is 6.61. The van der Waals surface area contributed by atoms with Crippen LogP contribution >= 0.6 is 0 Å². The van der Waals surface area contributed by atoms with Crippen molar-refractivity contribution in [3.05, 3.63) is 53.1 Å². The number of benzene rings is 1. The molecule has 0 N–H and O–H groups in total. The number of piperazine rings is 1. The van der Waals surface area contributed by atoms with Gasteiger partial charge in [-0.15, -0.1) is 0 Å². The first-order valence-corrected chi connectivity index (χ1v) is 12.5. The molecule has 8 heteroatoms. The predicted molar refractivity (Wildman–Crippen MR) is 117 cm³/mol. The Bertz CT molecular complexity index is 1070. The number of carbonyl (C=O) groups excluding carboxylic acids is 1. The second-order valence-electron chi connectivity index (χ2n) is 8.60. The van der Waals surface area contributed by atoms with Crippen molar-refractivity contribution in [1.82, 2.24) is 13.8 Å². The molecule has 2 aromatic rings. The number of aryl methyl sites for hydroxylation is 1. The molecule has 2 fully saturated rings. The van der Waals surface area contributed by atoms with Crippen LogP contribution in [-0.2, 0) is 10.0 Å². The number of carbonyl (C=O) groups is 1. The van der Waals surface area contributed by atoms with Gasteiger partial charge in [-0.1, -0.05) is 25.3 Å². The van der Waals surface area contributed by atoms with Crippen LogP contribution in [0.4, 0.5) is 4.39 Å². The van der Waals surface area contributed by atoms with E-state index in [1.54, 1.807) is 4.90 Å². The van der Waals surface area contributed by atoms with E-state index in [1.165, 1.54) is 41.8 Å². The smallest absolute Gasteiger partial charge is 0.255 e. The number of halogens is 1. The Hall–Kier alpha value is -2.19. The summed E-state index contributed by atoms with van der Waals surface area (Å²) in [7, 11) is -3.77. The molecular weight excluding hydrogens is 417 g/mol. The lowest BCUT2D eigenvalue weighted by Gasteiger charge is -2.34. The summed E-state index contributed by atoms with van der Waals surface area (Å²) >= 11 is 0. The van der Waals surface area contributed by atoms with Crippen LogP contribution in [0.5, 0.6) is 0 Å². The molecule has 1 aromatic heterocycles. The Morgan fingerprint density at radius 1 is 1.00 bits per heavy atom. The van der Waals surface area contributed by atoms with E-state index in [0.717, 1.165) is 30.3 Å². The molecule has 0 radical (unpaired) electrons. The molecule has 1 amide bonds. The van der Waals surface area contributed by atoms with Gasteiger partial charge in [-0.2, -0.15) is 4.31 Å². The number of nitrogens with zero attached hydrogens (tertiary/aromatic N) is 3. The van der Waals surface area contributed by atoms with E-state index in [2.05, 4.69) is 11.5 Å². The third kappa shape index (κ3) is 4.28. The average Bonchev–Trinajstić information content (AvgIpc) is 3.07. The van der Waals surface area contributed by atoms with Crippen molar-refractivity contribution in [3.8, 4) is 0 Å². The van der Waals surface area contributed by atoms with Gasteiger partial charge in [-0.3, -0.25) is 4.79 Å². The van der Waals surface area contributed by atoms with Gasteiger partial charge in [-0.25, -0.2) is 12.8 Å². The molecule has 4 rings (SSSR count). The van der Waals surface area contributed by atoms with E-state index in [0.29, 0.717) is 24.7 Å². The van der Waals surface area contributed by atoms with Gasteiger partial charge in [0, 0.05) is 43.6 Å². The van der Waals surface area contributed by atoms with Crippen LogP contribution in [0.1, 0.15) is 59.9 Å². The third-order valence-corrected chi connectivity index (χ3v) is 8.51. The van der Waals surface area contributed by atoms with Gasteiger partial charge in [-0.05, 0) is 51.0 Å². The summed E-state index contributed by atoms with van der Waals surface area (Å²) in [6.45, 7) is 5.11. The molecule has 31 heavy (non-hydrogen) atoms. The molecule has 0 unspecified atom stereocenters. The van der Waals surface area contributed by atoms with Gasteiger partial charge in [0.1, 0.15) is 5.82 Å². The number of sulfonamides is 1. The van der Waals surface area contributed by atoms with Gasteiger partial charge in [0.2, 0.25) is 10.0 Å². The Morgan fingerprint density at radius 2 is 1.68 bits per heavy atom. The topological polar surface area (TPSA) is 62.6 Å². The lowest BCUT2D eigenvalue weighted by atomic mass is 9.95. The molecule has 1 aromatic carbocycles. The van der Waals surface area contributed by atoms with Crippen LogP contribution in [0.2, 0.25) is 0 Å². The maximum absolute atomic E-state index is 13.5. The molecule has 1 aliphatic carbocycles. The Balaban J connectivity index is 1.46. The van der Waals surface area contributed by atoms with Crippen molar-refractivity contribution < 1.29 is 17.6 Å². The number of rotatable bonds is 4. The predicted octanol–water partition coefficient (Wildman–Crippen LogP) is 3.90. The molecular formula is C23H30FN3O3S.